The summed E-state index contributed by atoms with van der Waals surface area (Å²) < 4.78 is 72.8. The van der Waals surface area contributed by atoms with Gasteiger partial charge in [-0.25, -0.2) is 13.8 Å². The highest BCUT2D eigenvalue weighted by atomic mass is 19.4. The van der Waals surface area contributed by atoms with Crippen LogP contribution >= 0.6 is 0 Å². The van der Waals surface area contributed by atoms with Crippen molar-refractivity contribution in [3.63, 3.8) is 0 Å². The summed E-state index contributed by atoms with van der Waals surface area (Å²) in [7, 11) is 0. The summed E-state index contributed by atoms with van der Waals surface area (Å²) in [5, 5.41) is 22.5. The molecule has 0 radical (unpaired) electrons. The fourth-order valence-electron chi connectivity index (χ4n) is 8.27. The molecule has 3 aromatic heterocycles. The van der Waals surface area contributed by atoms with Crippen LogP contribution in [0.5, 0.6) is 0 Å². The first-order valence-corrected chi connectivity index (χ1v) is 18.4. The molecule has 2 atom stereocenters. The van der Waals surface area contributed by atoms with Crippen LogP contribution in [0.25, 0.3) is 21.7 Å². The predicted octanol–water partition coefficient (Wildman–Crippen LogP) is 6.71. The standard InChI is InChI=1S/C39H39F5N8O3/c40-38(41)22-50(14-12-30(38)24-6-10-29-25(16-24)18-45-19-33(29)51-15-13-35(53)48-37(51)55)20-23-4-8-28(9-5-23)52-21-26-17-27(7-11-31(26)49-52)46-36(54)32-2-1-3-34(47-32)39(42,43)44/h1-3,6-7,10-11,16-19,21,23,28,30,37,55H,4-5,8-9,12-15,20,22H2,(H,46,54)(H,48,53). The fraction of sp³-hybridized carbons (Fsp3) is 0.410. The molecule has 2 unspecified atom stereocenters. The summed E-state index contributed by atoms with van der Waals surface area (Å²) in [6.07, 6.45) is 3.23. The summed E-state index contributed by atoms with van der Waals surface area (Å²) in [5.74, 6) is -4.59. The number of piperidine rings is 1. The number of aliphatic hydroxyl groups excluding tert-OH is 1. The molecule has 288 valence electrons. The lowest BCUT2D eigenvalue weighted by Crippen LogP contribution is -2.54. The first-order valence-electron chi connectivity index (χ1n) is 18.4. The van der Waals surface area contributed by atoms with Gasteiger partial charge in [0.05, 0.1) is 35.9 Å². The third kappa shape index (κ3) is 7.70. The van der Waals surface area contributed by atoms with Gasteiger partial charge in [0.25, 0.3) is 11.8 Å². The molecule has 2 amide bonds. The van der Waals surface area contributed by atoms with Crippen molar-refractivity contribution >= 4 is 44.9 Å². The minimum atomic E-state index is -4.66. The number of fused-ring (bicyclic) bond motifs is 2. The minimum absolute atomic E-state index is 0.128. The van der Waals surface area contributed by atoms with Crippen LogP contribution in [0, 0.1) is 5.92 Å². The van der Waals surface area contributed by atoms with Crippen molar-refractivity contribution in [2.24, 2.45) is 5.92 Å². The number of carbonyl (C=O) groups excluding carboxylic acids is 2. The van der Waals surface area contributed by atoms with E-state index in [9.17, 15) is 27.9 Å². The van der Waals surface area contributed by atoms with Crippen LogP contribution in [0.2, 0.25) is 0 Å². The first-order chi connectivity index (χ1) is 26.3. The Morgan fingerprint density at radius 2 is 1.80 bits per heavy atom. The van der Waals surface area contributed by atoms with Crippen molar-refractivity contribution < 1.29 is 36.6 Å². The van der Waals surface area contributed by atoms with Gasteiger partial charge in [0.15, 0.2) is 0 Å². The summed E-state index contributed by atoms with van der Waals surface area (Å²) in [5.41, 5.74) is 0.803. The van der Waals surface area contributed by atoms with Crippen molar-refractivity contribution in [1.82, 2.24) is 30.0 Å². The van der Waals surface area contributed by atoms with E-state index in [1.54, 1.807) is 53.7 Å². The number of hydrogen-bond donors (Lipinski definition) is 3. The molecule has 8 rings (SSSR count). The largest absolute Gasteiger partial charge is 0.433 e. The molecule has 3 N–H and O–H groups in total. The van der Waals surface area contributed by atoms with E-state index in [0.29, 0.717) is 53.9 Å². The normalized spacial score (nSPS) is 23.5. The van der Waals surface area contributed by atoms with Gasteiger partial charge in [-0.05, 0) is 86.5 Å². The molecule has 5 heterocycles. The van der Waals surface area contributed by atoms with Crippen LogP contribution in [0.3, 0.4) is 0 Å². The van der Waals surface area contributed by atoms with Gasteiger partial charge in [-0.3, -0.25) is 24.2 Å². The maximum absolute atomic E-state index is 15.8. The Labute approximate surface area is 312 Å². The number of likely N-dealkylation sites (tertiary alicyclic amines) is 1. The van der Waals surface area contributed by atoms with Crippen molar-refractivity contribution in [2.45, 2.75) is 68.9 Å². The molecule has 55 heavy (non-hydrogen) atoms. The number of aliphatic hydroxyl groups is 1. The monoisotopic (exact) mass is 762 g/mol. The number of alkyl halides is 5. The molecular formula is C39H39F5N8O3. The van der Waals surface area contributed by atoms with Gasteiger partial charge >= 0.3 is 6.18 Å². The molecular weight excluding hydrogens is 723 g/mol. The zero-order valence-electron chi connectivity index (χ0n) is 29.6. The highest BCUT2D eigenvalue weighted by Crippen LogP contribution is 2.43. The van der Waals surface area contributed by atoms with Crippen LogP contribution in [-0.2, 0) is 11.0 Å². The highest BCUT2D eigenvalue weighted by molar-refractivity contribution is 6.03. The number of amides is 2. The fourth-order valence-corrected chi connectivity index (χ4v) is 8.27. The Morgan fingerprint density at radius 3 is 2.56 bits per heavy atom. The molecule has 11 nitrogen and oxygen atoms in total. The number of anilines is 2. The number of carbonyl (C=O) groups is 2. The summed E-state index contributed by atoms with van der Waals surface area (Å²) in [6.45, 7) is 1.15. The number of aromatic nitrogens is 4. The number of pyridine rings is 2. The zero-order chi connectivity index (χ0) is 38.5. The van der Waals surface area contributed by atoms with E-state index in [0.717, 1.165) is 48.6 Å². The quantitative estimate of drug-likeness (QED) is 0.156. The van der Waals surface area contributed by atoms with Crippen molar-refractivity contribution in [3.05, 3.63) is 90.1 Å². The zero-order valence-corrected chi connectivity index (χ0v) is 29.6. The minimum Gasteiger partial charge on any atom is -0.356 e. The van der Waals surface area contributed by atoms with E-state index in [1.165, 1.54) is 6.07 Å². The molecule has 2 aromatic carbocycles. The number of nitrogens with zero attached hydrogens (tertiary/aromatic N) is 6. The number of rotatable bonds is 7. The molecule has 1 saturated carbocycles. The average molecular weight is 763 g/mol. The van der Waals surface area contributed by atoms with Crippen LogP contribution in [0.15, 0.2) is 73.2 Å². The molecule has 1 aliphatic carbocycles. The van der Waals surface area contributed by atoms with Crippen molar-refractivity contribution in [3.8, 4) is 0 Å². The molecule has 0 spiro atoms. The SMILES string of the molecule is O=C1CCN(c2cncc3cc(C4CCN(CC5CCC(n6cc7cc(NC(=O)c8cccc(C(F)(F)F)n8)ccc7n6)CC5)CC4(F)F)ccc23)C(O)N1. The van der Waals surface area contributed by atoms with E-state index in [2.05, 4.69) is 20.6 Å². The second-order valence-corrected chi connectivity index (χ2v) is 14.8. The smallest absolute Gasteiger partial charge is 0.356 e. The Kier molecular flexibility index (Phi) is 9.65. The van der Waals surface area contributed by atoms with Gasteiger partial charge in [0, 0.05) is 53.8 Å². The Hall–Kier alpha value is -5.22. The van der Waals surface area contributed by atoms with Crippen LogP contribution in [0.4, 0.5) is 33.3 Å². The van der Waals surface area contributed by atoms with Gasteiger partial charge in [0.2, 0.25) is 12.3 Å². The number of nitrogens with one attached hydrogen (secondary N) is 2. The third-order valence-electron chi connectivity index (χ3n) is 11.1. The molecule has 0 bridgehead atoms. The van der Waals surface area contributed by atoms with Crippen molar-refractivity contribution in [2.75, 3.05) is 36.4 Å². The van der Waals surface area contributed by atoms with E-state index in [-0.39, 0.29) is 36.5 Å². The van der Waals surface area contributed by atoms with Crippen LogP contribution < -0.4 is 15.5 Å². The van der Waals surface area contributed by atoms with Crippen LogP contribution in [-0.4, -0.2) is 80.0 Å². The highest BCUT2D eigenvalue weighted by Gasteiger charge is 2.46. The maximum Gasteiger partial charge on any atom is 0.433 e. The third-order valence-corrected chi connectivity index (χ3v) is 11.1. The summed E-state index contributed by atoms with van der Waals surface area (Å²) >= 11 is 0. The Balaban J connectivity index is 0.857. The molecule has 16 heteroatoms. The Morgan fingerprint density at radius 1 is 0.982 bits per heavy atom. The van der Waals surface area contributed by atoms with Crippen LogP contribution in [0.1, 0.15) is 72.2 Å². The van der Waals surface area contributed by atoms with Gasteiger partial charge in [-0.2, -0.15) is 18.3 Å². The van der Waals surface area contributed by atoms with E-state index < -0.39 is 36.0 Å². The predicted molar refractivity (Wildman–Crippen MR) is 195 cm³/mol. The van der Waals surface area contributed by atoms with Gasteiger partial charge in [-0.1, -0.05) is 18.2 Å². The van der Waals surface area contributed by atoms with E-state index >= 15 is 8.78 Å². The maximum atomic E-state index is 15.8. The summed E-state index contributed by atoms with van der Waals surface area (Å²) in [4.78, 5) is 35.6. The van der Waals surface area contributed by atoms with Gasteiger partial charge in [0.1, 0.15) is 11.4 Å². The van der Waals surface area contributed by atoms with E-state index in [4.69, 9.17) is 5.10 Å². The number of hydrogen-bond acceptors (Lipinski definition) is 8. The first kappa shape index (κ1) is 36.7. The number of benzene rings is 2. The molecule has 2 saturated heterocycles. The second-order valence-electron chi connectivity index (χ2n) is 14.8. The Bertz CT molecular complexity index is 2240. The van der Waals surface area contributed by atoms with Crippen molar-refractivity contribution in [1.29, 1.82) is 0 Å². The lowest BCUT2D eigenvalue weighted by Gasteiger charge is -2.41. The van der Waals surface area contributed by atoms with E-state index in [1.807, 2.05) is 15.8 Å². The lowest BCUT2D eigenvalue weighted by atomic mass is 9.83. The lowest BCUT2D eigenvalue weighted by molar-refractivity contribution is -0.141. The average Bonchev–Trinajstić information content (AvgIpc) is 3.58. The topological polar surface area (TPSA) is 129 Å². The number of halogens is 5. The summed E-state index contributed by atoms with van der Waals surface area (Å²) in [6, 6.07) is 13.7. The van der Waals surface area contributed by atoms with Gasteiger partial charge in [-0.15, -0.1) is 0 Å². The molecule has 3 fully saturated rings. The van der Waals surface area contributed by atoms with Gasteiger partial charge < -0.3 is 20.6 Å². The molecule has 5 aromatic rings. The molecule has 3 aliphatic rings. The second kappa shape index (κ2) is 14.5. The molecule has 2 aliphatic heterocycles.